The molecule has 0 spiro atoms. The van der Waals surface area contributed by atoms with Crippen LogP contribution in [-0.2, 0) is 0 Å². The molecular formula is C13H19NO. The van der Waals surface area contributed by atoms with Gasteiger partial charge in [-0.1, -0.05) is 31.0 Å². The van der Waals surface area contributed by atoms with Crippen LogP contribution in [0.4, 0.5) is 0 Å². The molecule has 1 fully saturated rings. The van der Waals surface area contributed by atoms with Crippen LogP contribution in [0.25, 0.3) is 0 Å². The molecule has 2 rings (SSSR count). The van der Waals surface area contributed by atoms with E-state index in [1.807, 2.05) is 31.2 Å². The highest BCUT2D eigenvalue weighted by Gasteiger charge is 2.20. The van der Waals surface area contributed by atoms with Crippen molar-refractivity contribution < 1.29 is 4.74 Å². The summed E-state index contributed by atoms with van der Waals surface area (Å²) in [4.78, 5) is 0. The van der Waals surface area contributed by atoms with Crippen molar-refractivity contribution in [1.82, 2.24) is 0 Å². The smallest absolute Gasteiger partial charge is 0.124 e. The number of rotatable bonds is 5. The van der Waals surface area contributed by atoms with Crippen molar-refractivity contribution in [3.8, 4) is 5.75 Å². The fourth-order valence-electron chi connectivity index (χ4n) is 1.73. The van der Waals surface area contributed by atoms with E-state index in [9.17, 15) is 0 Å². The summed E-state index contributed by atoms with van der Waals surface area (Å²) in [7, 11) is 0. The molecule has 15 heavy (non-hydrogen) atoms. The Morgan fingerprint density at radius 1 is 1.40 bits per heavy atom. The summed E-state index contributed by atoms with van der Waals surface area (Å²) in [5.41, 5.74) is 6.98. The molecule has 0 aliphatic heterocycles. The van der Waals surface area contributed by atoms with Crippen molar-refractivity contribution in [1.29, 1.82) is 0 Å². The minimum absolute atomic E-state index is 0.0436. The number of hydrogen-bond acceptors (Lipinski definition) is 2. The molecule has 1 aliphatic rings. The molecule has 2 heteroatoms. The van der Waals surface area contributed by atoms with Gasteiger partial charge in [0.05, 0.1) is 6.61 Å². The molecule has 1 aliphatic carbocycles. The van der Waals surface area contributed by atoms with Crippen molar-refractivity contribution in [2.24, 2.45) is 11.7 Å². The molecule has 0 bridgehead atoms. The second kappa shape index (κ2) is 4.67. The van der Waals surface area contributed by atoms with E-state index in [-0.39, 0.29) is 6.04 Å². The fourth-order valence-corrected chi connectivity index (χ4v) is 1.73. The topological polar surface area (TPSA) is 35.2 Å². The summed E-state index contributed by atoms with van der Waals surface area (Å²) in [5.74, 6) is 1.88. The lowest BCUT2D eigenvalue weighted by Gasteiger charge is -2.13. The molecule has 1 aromatic carbocycles. The summed E-state index contributed by atoms with van der Waals surface area (Å²) in [6, 6.07) is 8.09. The van der Waals surface area contributed by atoms with Crippen LogP contribution in [-0.4, -0.2) is 6.61 Å². The van der Waals surface area contributed by atoms with E-state index in [2.05, 4.69) is 0 Å². The molecule has 0 radical (unpaired) electrons. The third-order valence-corrected chi connectivity index (χ3v) is 2.89. The summed E-state index contributed by atoms with van der Waals surface area (Å²) >= 11 is 0. The Labute approximate surface area is 91.4 Å². The third kappa shape index (κ3) is 2.96. The number of hydrogen-bond donors (Lipinski definition) is 1. The first-order valence-corrected chi connectivity index (χ1v) is 5.74. The lowest BCUT2D eigenvalue weighted by molar-refractivity contribution is 0.298. The maximum absolute atomic E-state index is 5.88. The Morgan fingerprint density at radius 2 is 2.13 bits per heavy atom. The first-order valence-electron chi connectivity index (χ1n) is 5.74. The van der Waals surface area contributed by atoms with Crippen molar-refractivity contribution in [3.05, 3.63) is 29.8 Å². The molecule has 0 heterocycles. The minimum Gasteiger partial charge on any atom is -0.493 e. The molecule has 2 nitrogen and oxygen atoms in total. The number of nitrogens with two attached hydrogens (primary N) is 1. The average Bonchev–Trinajstić information content (AvgIpc) is 3.02. The monoisotopic (exact) mass is 205 g/mol. The molecule has 1 atom stereocenters. The molecule has 82 valence electrons. The van der Waals surface area contributed by atoms with E-state index in [1.165, 1.54) is 19.3 Å². The molecule has 2 N–H and O–H groups in total. The lowest BCUT2D eigenvalue weighted by atomic mass is 10.1. The van der Waals surface area contributed by atoms with E-state index >= 15 is 0 Å². The van der Waals surface area contributed by atoms with Gasteiger partial charge in [-0.15, -0.1) is 0 Å². The van der Waals surface area contributed by atoms with Crippen LogP contribution in [0.2, 0.25) is 0 Å². The largest absolute Gasteiger partial charge is 0.493 e. The van der Waals surface area contributed by atoms with Crippen molar-refractivity contribution in [2.45, 2.75) is 32.2 Å². The summed E-state index contributed by atoms with van der Waals surface area (Å²) in [6.45, 7) is 2.82. The molecule has 0 unspecified atom stereocenters. The molecular weight excluding hydrogens is 186 g/mol. The maximum Gasteiger partial charge on any atom is 0.124 e. The quantitative estimate of drug-likeness (QED) is 0.802. The summed E-state index contributed by atoms with van der Waals surface area (Å²) in [6.07, 6.45) is 3.96. The number of ether oxygens (including phenoxy) is 1. The van der Waals surface area contributed by atoms with Crippen LogP contribution in [0.3, 0.4) is 0 Å². The standard InChI is InChI=1S/C13H19NO/c1-10(14)12-4-2-3-5-13(12)15-9-8-11-6-7-11/h2-5,10-11H,6-9,14H2,1H3/t10-/m0/s1. The van der Waals surface area contributed by atoms with E-state index < -0.39 is 0 Å². The van der Waals surface area contributed by atoms with Crippen LogP contribution in [0.5, 0.6) is 5.75 Å². The fraction of sp³-hybridized carbons (Fsp3) is 0.538. The van der Waals surface area contributed by atoms with Crippen LogP contribution in [0.1, 0.15) is 37.8 Å². The zero-order valence-electron chi connectivity index (χ0n) is 9.28. The molecule has 0 aromatic heterocycles. The van der Waals surface area contributed by atoms with Crippen LogP contribution in [0.15, 0.2) is 24.3 Å². The average molecular weight is 205 g/mol. The summed E-state index contributed by atoms with van der Waals surface area (Å²) in [5, 5.41) is 0. The van der Waals surface area contributed by atoms with Gasteiger partial charge in [-0.25, -0.2) is 0 Å². The highest BCUT2D eigenvalue weighted by Crippen LogP contribution is 2.32. The van der Waals surface area contributed by atoms with Gasteiger partial charge < -0.3 is 10.5 Å². The zero-order chi connectivity index (χ0) is 10.7. The first-order chi connectivity index (χ1) is 7.27. The second-order valence-corrected chi connectivity index (χ2v) is 4.41. The van der Waals surface area contributed by atoms with E-state index in [0.717, 1.165) is 23.8 Å². The van der Waals surface area contributed by atoms with E-state index in [0.29, 0.717) is 0 Å². The second-order valence-electron chi connectivity index (χ2n) is 4.41. The van der Waals surface area contributed by atoms with Crippen LogP contribution >= 0.6 is 0 Å². The molecule has 0 saturated heterocycles. The highest BCUT2D eigenvalue weighted by molar-refractivity contribution is 5.35. The molecule has 1 aromatic rings. The first kappa shape index (κ1) is 10.5. The predicted octanol–water partition coefficient (Wildman–Crippen LogP) is 2.89. The van der Waals surface area contributed by atoms with E-state index in [4.69, 9.17) is 10.5 Å². The van der Waals surface area contributed by atoms with Crippen LogP contribution in [0, 0.1) is 5.92 Å². The van der Waals surface area contributed by atoms with Gasteiger partial charge in [0.2, 0.25) is 0 Å². The minimum atomic E-state index is 0.0436. The van der Waals surface area contributed by atoms with Gasteiger partial charge in [-0.3, -0.25) is 0 Å². The van der Waals surface area contributed by atoms with Gasteiger partial charge in [-0.05, 0) is 25.3 Å². The van der Waals surface area contributed by atoms with Gasteiger partial charge in [-0.2, -0.15) is 0 Å². The van der Waals surface area contributed by atoms with Gasteiger partial charge in [0, 0.05) is 11.6 Å². The zero-order valence-corrected chi connectivity index (χ0v) is 9.28. The Bertz CT molecular complexity index is 318. The summed E-state index contributed by atoms with van der Waals surface area (Å²) < 4.78 is 5.77. The predicted molar refractivity (Wildman–Crippen MR) is 61.9 cm³/mol. The Hall–Kier alpha value is -1.02. The maximum atomic E-state index is 5.88. The van der Waals surface area contributed by atoms with Gasteiger partial charge in [0.15, 0.2) is 0 Å². The molecule has 0 amide bonds. The third-order valence-electron chi connectivity index (χ3n) is 2.89. The number of benzene rings is 1. The van der Waals surface area contributed by atoms with Gasteiger partial charge in [0.1, 0.15) is 5.75 Å². The number of para-hydroxylation sites is 1. The van der Waals surface area contributed by atoms with E-state index in [1.54, 1.807) is 0 Å². The lowest BCUT2D eigenvalue weighted by Crippen LogP contribution is -2.08. The van der Waals surface area contributed by atoms with Crippen molar-refractivity contribution >= 4 is 0 Å². The normalized spacial score (nSPS) is 17.5. The Kier molecular flexibility index (Phi) is 3.27. The van der Waals surface area contributed by atoms with Crippen molar-refractivity contribution in [3.63, 3.8) is 0 Å². The molecule has 1 saturated carbocycles. The Balaban J connectivity index is 1.92. The van der Waals surface area contributed by atoms with Crippen LogP contribution < -0.4 is 10.5 Å². The van der Waals surface area contributed by atoms with Crippen molar-refractivity contribution in [2.75, 3.05) is 6.61 Å². The SMILES string of the molecule is C[C@H](N)c1ccccc1OCCC1CC1. The van der Waals surface area contributed by atoms with Gasteiger partial charge >= 0.3 is 0 Å². The highest BCUT2D eigenvalue weighted by atomic mass is 16.5. The Morgan fingerprint density at radius 3 is 2.80 bits per heavy atom. The van der Waals surface area contributed by atoms with Gasteiger partial charge in [0.25, 0.3) is 0 Å².